The smallest absolute Gasteiger partial charge is 0.331 e. The van der Waals surface area contributed by atoms with Crippen LogP contribution in [0.4, 0.5) is 5.69 Å². The summed E-state index contributed by atoms with van der Waals surface area (Å²) in [7, 11) is 1.31. The molecule has 0 aliphatic carbocycles. The summed E-state index contributed by atoms with van der Waals surface area (Å²) in [6.07, 6.45) is 1.39. The maximum atomic E-state index is 11.9. The first-order valence-corrected chi connectivity index (χ1v) is 7.88. The molecule has 0 aliphatic rings. The van der Waals surface area contributed by atoms with Crippen molar-refractivity contribution in [2.45, 2.75) is 27.7 Å². The van der Waals surface area contributed by atoms with Gasteiger partial charge in [0.25, 0.3) is 5.69 Å². The van der Waals surface area contributed by atoms with Gasteiger partial charge in [0.2, 0.25) is 0 Å². The van der Waals surface area contributed by atoms with Crippen molar-refractivity contribution in [3.8, 4) is 0 Å². The van der Waals surface area contributed by atoms with Crippen molar-refractivity contribution >= 4 is 17.2 Å². The molecule has 0 heterocycles. The van der Waals surface area contributed by atoms with E-state index in [9.17, 15) is 14.9 Å². The SMILES string of the molecule is COC(=O)/C=C(\c1ccc(C)cc1)c1c(C)cc(C)c([N+](=O)[O-])c1C. The molecule has 0 saturated carbocycles. The quantitative estimate of drug-likeness (QED) is 0.357. The molecule has 2 rings (SSSR count). The van der Waals surface area contributed by atoms with Crippen LogP contribution in [0.25, 0.3) is 5.57 Å². The van der Waals surface area contributed by atoms with E-state index in [1.165, 1.54) is 13.2 Å². The molecular formula is C20H21NO4. The standard InChI is InChI=1S/C20H21NO4/c1-12-6-8-16(9-7-12)17(11-18(22)25-5)19-13(2)10-14(3)20(15(19)4)21(23)24/h6-11H,1-5H3/b17-11+. The Morgan fingerprint density at radius 3 is 2.20 bits per heavy atom. The van der Waals surface area contributed by atoms with Crippen LogP contribution in [0.3, 0.4) is 0 Å². The molecule has 25 heavy (non-hydrogen) atoms. The number of nitrogens with zero attached hydrogens (tertiary/aromatic N) is 1. The number of nitro groups is 1. The zero-order valence-electron chi connectivity index (χ0n) is 15.0. The number of esters is 1. The minimum Gasteiger partial charge on any atom is -0.466 e. The highest BCUT2D eigenvalue weighted by atomic mass is 16.6. The summed E-state index contributed by atoms with van der Waals surface area (Å²) in [5.74, 6) is -0.502. The number of hydrogen-bond donors (Lipinski definition) is 0. The van der Waals surface area contributed by atoms with E-state index in [0.29, 0.717) is 22.3 Å². The van der Waals surface area contributed by atoms with Gasteiger partial charge in [-0.05, 0) is 56.0 Å². The molecule has 0 fully saturated rings. The van der Waals surface area contributed by atoms with E-state index in [0.717, 1.165) is 16.7 Å². The average molecular weight is 339 g/mol. The Morgan fingerprint density at radius 1 is 1.08 bits per heavy atom. The zero-order chi connectivity index (χ0) is 18.7. The van der Waals surface area contributed by atoms with Gasteiger partial charge in [0.1, 0.15) is 0 Å². The normalized spacial score (nSPS) is 11.3. The second kappa shape index (κ2) is 7.30. The van der Waals surface area contributed by atoms with Crippen molar-refractivity contribution in [3.63, 3.8) is 0 Å². The third kappa shape index (κ3) is 3.76. The first-order valence-electron chi connectivity index (χ1n) is 7.88. The topological polar surface area (TPSA) is 69.4 Å². The molecule has 0 radical (unpaired) electrons. The molecule has 0 aromatic heterocycles. The number of carbonyl (C=O) groups excluding carboxylic acids is 1. The summed E-state index contributed by atoms with van der Waals surface area (Å²) in [5, 5.41) is 11.5. The van der Waals surface area contributed by atoms with Crippen molar-refractivity contribution in [2.24, 2.45) is 0 Å². The van der Waals surface area contributed by atoms with Crippen LogP contribution in [0, 0.1) is 37.8 Å². The van der Waals surface area contributed by atoms with Crippen LogP contribution in [-0.2, 0) is 9.53 Å². The maximum Gasteiger partial charge on any atom is 0.331 e. The fourth-order valence-electron chi connectivity index (χ4n) is 3.08. The molecule has 0 amide bonds. The first-order chi connectivity index (χ1) is 11.8. The summed E-state index contributed by atoms with van der Waals surface area (Å²) in [6, 6.07) is 9.45. The summed E-state index contributed by atoms with van der Waals surface area (Å²) in [6.45, 7) is 7.29. The van der Waals surface area contributed by atoms with Gasteiger partial charge in [-0.1, -0.05) is 29.8 Å². The van der Waals surface area contributed by atoms with Crippen molar-refractivity contribution in [1.29, 1.82) is 0 Å². The van der Waals surface area contributed by atoms with Crippen molar-refractivity contribution in [2.75, 3.05) is 7.11 Å². The highest BCUT2D eigenvalue weighted by molar-refractivity contribution is 5.98. The maximum absolute atomic E-state index is 11.9. The monoisotopic (exact) mass is 339 g/mol. The van der Waals surface area contributed by atoms with Crippen LogP contribution < -0.4 is 0 Å². The molecule has 0 saturated heterocycles. The third-order valence-corrected chi connectivity index (χ3v) is 4.21. The molecule has 0 aliphatic heterocycles. The van der Waals surface area contributed by atoms with Crippen molar-refractivity contribution < 1.29 is 14.5 Å². The van der Waals surface area contributed by atoms with E-state index in [4.69, 9.17) is 4.74 Å². The number of benzene rings is 2. The van der Waals surface area contributed by atoms with E-state index in [1.807, 2.05) is 38.1 Å². The Kier molecular flexibility index (Phi) is 5.37. The second-order valence-corrected chi connectivity index (χ2v) is 6.06. The van der Waals surface area contributed by atoms with Crippen LogP contribution in [0.2, 0.25) is 0 Å². The Morgan fingerprint density at radius 2 is 1.68 bits per heavy atom. The fraction of sp³-hybridized carbons (Fsp3) is 0.250. The van der Waals surface area contributed by atoms with Crippen LogP contribution in [0.5, 0.6) is 0 Å². The van der Waals surface area contributed by atoms with E-state index >= 15 is 0 Å². The minimum atomic E-state index is -0.502. The summed E-state index contributed by atoms with van der Waals surface area (Å²) in [4.78, 5) is 23.0. The van der Waals surface area contributed by atoms with Gasteiger partial charge in [0.05, 0.1) is 12.0 Å². The molecule has 0 spiro atoms. The summed E-state index contributed by atoms with van der Waals surface area (Å²) < 4.78 is 4.78. The molecule has 5 heteroatoms. The van der Waals surface area contributed by atoms with Gasteiger partial charge >= 0.3 is 5.97 Å². The molecular weight excluding hydrogens is 318 g/mol. The average Bonchev–Trinajstić information content (AvgIpc) is 2.53. The molecule has 5 nitrogen and oxygen atoms in total. The lowest BCUT2D eigenvalue weighted by atomic mass is 9.88. The van der Waals surface area contributed by atoms with E-state index in [-0.39, 0.29) is 10.6 Å². The number of nitro benzene ring substituents is 1. The highest BCUT2D eigenvalue weighted by Crippen LogP contribution is 2.36. The number of carbonyl (C=O) groups is 1. The molecule has 0 unspecified atom stereocenters. The lowest BCUT2D eigenvalue weighted by molar-refractivity contribution is -0.386. The van der Waals surface area contributed by atoms with Gasteiger partial charge in [0.15, 0.2) is 0 Å². The summed E-state index contributed by atoms with van der Waals surface area (Å²) >= 11 is 0. The predicted molar refractivity (Wildman–Crippen MR) is 97.6 cm³/mol. The van der Waals surface area contributed by atoms with Crippen molar-refractivity contribution in [1.82, 2.24) is 0 Å². The van der Waals surface area contributed by atoms with Crippen LogP contribution in [0.15, 0.2) is 36.4 Å². The Labute approximate surface area is 147 Å². The Bertz CT molecular complexity index is 864. The highest BCUT2D eigenvalue weighted by Gasteiger charge is 2.23. The van der Waals surface area contributed by atoms with Gasteiger partial charge in [-0.3, -0.25) is 10.1 Å². The van der Waals surface area contributed by atoms with Gasteiger partial charge in [-0.15, -0.1) is 0 Å². The third-order valence-electron chi connectivity index (χ3n) is 4.21. The van der Waals surface area contributed by atoms with E-state index < -0.39 is 5.97 Å². The molecule has 130 valence electrons. The van der Waals surface area contributed by atoms with Gasteiger partial charge in [0, 0.05) is 17.2 Å². The minimum absolute atomic E-state index is 0.0727. The number of ether oxygens (including phenoxy) is 1. The van der Waals surface area contributed by atoms with Crippen LogP contribution in [-0.4, -0.2) is 18.0 Å². The lowest BCUT2D eigenvalue weighted by Crippen LogP contribution is -2.05. The molecule has 0 N–H and O–H groups in total. The molecule has 0 bridgehead atoms. The second-order valence-electron chi connectivity index (χ2n) is 6.06. The first kappa shape index (κ1) is 18.4. The van der Waals surface area contributed by atoms with Gasteiger partial charge < -0.3 is 4.74 Å². The van der Waals surface area contributed by atoms with Crippen LogP contribution in [0.1, 0.15) is 33.4 Å². The number of methoxy groups -OCH3 is 1. The molecule has 0 atom stereocenters. The molecule has 2 aromatic rings. The zero-order valence-corrected chi connectivity index (χ0v) is 15.0. The molecule has 2 aromatic carbocycles. The summed E-state index contributed by atoms with van der Waals surface area (Å²) in [5.41, 5.74) is 5.28. The fourth-order valence-corrected chi connectivity index (χ4v) is 3.08. The Hall–Kier alpha value is -2.95. The van der Waals surface area contributed by atoms with E-state index in [1.54, 1.807) is 19.9 Å². The van der Waals surface area contributed by atoms with Crippen LogP contribution >= 0.6 is 0 Å². The van der Waals surface area contributed by atoms with E-state index in [2.05, 4.69) is 0 Å². The number of rotatable bonds is 4. The van der Waals surface area contributed by atoms with Gasteiger partial charge in [-0.2, -0.15) is 0 Å². The number of aryl methyl sites for hydroxylation is 3. The predicted octanol–water partition coefficient (Wildman–Crippen LogP) is 4.43. The van der Waals surface area contributed by atoms with Gasteiger partial charge in [-0.25, -0.2) is 4.79 Å². The number of hydrogen-bond acceptors (Lipinski definition) is 4. The Balaban J connectivity index is 2.81. The largest absolute Gasteiger partial charge is 0.466 e. The lowest BCUT2D eigenvalue weighted by Gasteiger charge is -2.16. The van der Waals surface area contributed by atoms with Crippen molar-refractivity contribution in [3.05, 3.63) is 79.9 Å².